The van der Waals surface area contributed by atoms with Gasteiger partial charge in [-0.3, -0.25) is 19.8 Å². The molecule has 0 bridgehead atoms. The molecule has 0 atom stereocenters. The van der Waals surface area contributed by atoms with E-state index >= 15 is 0 Å². The summed E-state index contributed by atoms with van der Waals surface area (Å²) >= 11 is 0. The van der Waals surface area contributed by atoms with Crippen molar-refractivity contribution < 1.29 is 14.4 Å². The minimum absolute atomic E-state index is 0.00722. The summed E-state index contributed by atoms with van der Waals surface area (Å²) in [5, 5.41) is 2.30. The van der Waals surface area contributed by atoms with Gasteiger partial charge in [0.1, 0.15) is 5.57 Å². The van der Waals surface area contributed by atoms with Crippen molar-refractivity contribution in [1.82, 2.24) is 14.8 Å². The Labute approximate surface area is 170 Å². The van der Waals surface area contributed by atoms with Gasteiger partial charge in [0.2, 0.25) is 0 Å². The molecule has 4 amide bonds. The highest BCUT2D eigenvalue weighted by Crippen LogP contribution is 2.34. The number of aromatic nitrogens is 1. The molecule has 2 aliphatic rings. The van der Waals surface area contributed by atoms with E-state index in [9.17, 15) is 14.4 Å². The van der Waals surface area contributed by atoms with Gasteiger partial charge in [-0.2, -0.15) is 0 Å². The Balaban J connectivity index is 1.65. The fourth-order valence-corrected chi connectivity index (χ4v) is 4.43. The minimum Gasteiger partial charge on any atom is -0.346 e. The van der Waals surface area contributed by atoms with Crippen LogP contribution in [-0.2, 0) is 16.1 Å². The van der Waals surface area contributed by atoms with E-state index in [1.807, 2.05) is 43.3 Å². The summed E-state index contributed by atoms with van der Waals surface area (Å²) in [6.45, 7) is 4.20. The monoisotopic (exact) mass is 391 g/mol. The molecule has 1 N–H and O–H groups in total. The van der Waals surface area contributed by atoms with E-state index in [1.54, 1.807) is 6.08 Å². The second-order valence-corrected chi connectivity index (χ2v) is 7.83. The summed E-state index contributed by atoms with van der Waals surface area (Å²) in [4.78, 5) is 38.7. The summed E-state index contributed by atoms with van der Waals surface area (Å²) in [6.07, 6.45) is 6.40. The van der Waals surface area contributed by atoms with E-state index in [4.69, 9.17) is 0 Å². The van der Waals surface area contributed by atoms with Gasteiger partial charge in [-0.05, 0) is 50.0 Å². The molecular weight excluding hydrogens is 366 g/mol. The van der Waals surface area contributed by atoms with Crippen LogP contribution in [0.15, 0.2) is 42.0 Å². The number of hydrogen-bond acceptors (Lipinski definition) is 3. The van der Waals surface area contributed by atoms with E-state index in [0.29, 0.717) is 6.04 Å². The lowest BCUT2D eigenvalue weighted by Crippen LogP contribution is -2.53. The van der Waals surface area contributed by atoms with Crippen molar-refractivity contribution in [2.45, 2.75) is 52.1 Å². The number of imide groups is 2. The van der Waals surface area contributed by atoms with Crippen LogP contribution < -0.4 is 5.32 Å². The van der Waals surface area contributed by atoms with Gasteiger partial charge in [-0.25, -0.2) is 4.79 Å². The lowest BCUT2D eigenvalue weighted by Gasteiger charge is -2.26. The van der Waals surface area contributed by atoms with Gasteiger partial charge in [0.05, 0.1) is 6.54 Å². The van der Waals surface area contributed by atoms with Gasteiger partial charge in [-0.1, -0.05) is 43.2 Å². The van der Waals surface area contributed by atoms with E-state index in [0.717, 1.165) is 40.3 Å². The second kappa shape index (κ2) is 7.70. The first-order chi connectivity index (χ1) is 14.0. The molecule has 4 rings (SSSR count). The van der Waals surface area contributed by atoms with Crippen molar-refractivity contribution in [1.29, 1.82) is 0 Å². The molecule has 0 unspecified atom stereocenters. The van der Waals surface area contributed by atoms with Crippen LogP contribution in [0.2, 0.25) is 0 Å². The number of hydrogen-bond donors (Lipinski definition) is 1. The molecule has 150 valence electrons. The summed E-state index contributed by atoms with van der Waals surface area (Å²) < 4.78 is 2.32. The predicted octanol–water partition coefficient (Wildman–Crippen LogP) is 3.88. The molecule has 6 heteroatoms. The molecule has 0 spiro atoms. The molecule has 1 aliphatic heterocycles. The van der Waals surface area contributed by atoms with Crippen molar-refractivity contribution in [2.24, 2.45) is 0 Å². The minimum atomic E-state index is -0.683. The SMILES string of the molecule is Cc1cc(/C=C2\C(=O)NC(=O)N(Cc3ccccc3)C2=O)c(C)n1C1CCCC1. The van der Waals surface area contributed by atoms with Crippen LogP contribution in [0.3, 0.4) is 0 Å². The zero-order valence-electron chi connectivity index (χ0n) is 16.8. The number of carbonyl (C=O) groups excluding carboxylic acids is 3. The molecule has 29 heavy (non-hydrogen) atoms. The fraction of sp³-hybridized carbons (Fsp3) is 0.348. The van der Waals surface area contributed by atoms with E-state index in [1.165, 1.54) is 12.8 Å². The van der Waals surface area contributed by atoms with E-state index < -0.39 is 17.8 Å². The maximum absolute atomic E-state index is 13.0. The maximum atomic E-state index is 13.0. The van der Waals surface area contributed by atoms with Gasteiger partial charge in [0, 0.05) is 17.4 Å². The normalized spacial score (nSPS) is 19.3. The third kappa shape index (κ3) is 3.62. The van der Waals surface area contributed by atoms with E-state index in [2.05, 4.69) is 16.8 Å². The zero-order chi connectivity index (χ0) is 20.5. The van der Waals surface area contributed by atoms with Crippen molar-refractivity contribution in [2.75, 3.05) is 0 Å². The molecule has 2 fully saturated rings. The first kappa shape index (κ1) is 19.2. The molecule has 1 aromatic heterocycles. The molecular formula is C23H25N3O3. The molecule has 2 heterocycles. The van der Waals surface area contributed by atoms with Crippen LogP contribution in [0.1, 0.15) is 54.2 Å². The number of nitrogens with zero attached hydrogens (tertiary/aromatic N) is 2. The molecule has 1 saturated heterocycles. The molecule has 6 nitrogen and oxygen atoms in total. The highest BCUT2D eigenvalue weighted by atomic mass is 16.2. The Morgan fingerprint density at radius 2 is 1.76 bits per heavy atom. The predicted molar refractivity (Wildman–Crippen MR) is 110 cm³/mol. The van der Waals surface area contributed by atoms with Crippen LogP contribution in [0, 0.1) is 13.8 Å². The summed E-state index contributed by atoms with van der Waals surface area (Å²) in [7, 11) is 0. The molecule has 1 aromatic carbocycles. The zero-order valence-corrected chi connectivity index (χ0v) is 16.8. The van der Waals surface area contributed by atoms with Crippen molar-refractivity contribution in [3.8, 4) is 0 Å². The lowest BCUT2D eigenvalue weighted by atomic mass is 10.1. The fourth-order valence-electron chi connectivity index (χ4n) is 4.43. The van der Waals surface area contributed by atoms with Crippen LogP contribution in [0.4, 0.5) is 4.79 Å². The highest BCUT2D eigenvalue weighted by Gasteiger charge is 2.36. The van der Waals surface area contributed by atoms with Crippen molar-refractivity contribution in [3.63, 3.8) is 0 Å². The van der Waals surface area contributed by atoms with Crippen LogP contribution >= 0.6 is 0 Å². The van der Waals surface area contributed by atoms with Crippen molar-refractivity contribution >= 4 is 23.9 Å². The Kier molecular flexibility index (Phi) is 5.09. The number of aryl methyl sites for hydroxylation is 1. The molecule has 1 aliphatic carbocycles. The number of benzene rings is 1. The average molecular weight is 391 g/mol. The summed E-state index contributed by atoms with van der Waals surface area (Å²) in [5.74, 6) is -1.21. The molecule has 2 aromatic rings. The summed E-state index contributed by atoms with van der Waals surface area (Å²) in [6, 6.07) is 11.1. The van der Waals surface area contributed by atoms with Gasteiger partial charge >= 0.3 is 6.03 Å². The molecule has 0 radical (unpaired) electrons. The van der Waals surface area contributed by atoms with Crippen LogP contribution in [0.25, 0.3) is 6.08 Å². The van der Waals surface area contributed by atoms with Crippen molar-refractivity contribution in [3.05, 3.63) is 64.5 Å². The van der Waals surface area contributed by atoms with Gasteiger partial charge < -0.3 is 4.57 Å². The number of rotatable bonds is 4. The Morgan fingerprint density at radius 1 is 1.07 bits per heavy atom. The third-order valence-electron chi connectivity index (χ3n) is 5.88. The average Bonchev–Trinajstić information content (AvgIpc) is 3.31. The Bertz CT molecular complexity index is 998. The number of urea groups is 1. The van der Waals surface area contributed by atoms with Crippen LogP contribution in [-0.4, -0.2) is 27.3 Å². The number of nitrogens with one attached hydrogen (secondary N) is 1. The number of carbonyl (C=O) groups is 3. The molecule has 1 saturated carbocycles. The first-order valence-corrected chi connectivity index (χ1v) is 10.1. The van der Waals surface area contributed by atoms with Gasteiger partial charge in [-0.15, -0.1) is 0 Å². The third-order valence-corrected chi connectivity index (χ3v) is 5.88. The standard InChI is InChI=1S/C23H25N3O3/c1-15-12-18(16(2)26(15)19-10-6-7-11-19)13-20-21(27)24-23(29)25(22(20)28)14-17-8-4-3-5-9-17/h3-5,8-9,12-13,19H,6-7,10-11,14H2,1-2H3,(H,24,27,29)/b20-13+. The lowest BCUT2D eigenvalue weighted by molar-refractivity contribution is -0.130. The smallest absolute Gasteiger partial charge is 0.331 e. The topological polar surface area (TPSA) is 71.4 Å². The Hall–Kier alpha value is -3.15. The first-order valence-electron chi connectivity index (χ1n) is 10.1. The Morgan fingerprint density at radius 3 is 2.45 bits per heavy atom. The second-order valence-electron chi connectivity index (χ2n) is 7.83. The maximum Gasteiger partial charge on any atom is 0.331 e. The van der Waals surface area contributed by atoms with Gasteiger partial charge in [0.15, 0.2) is 0 Å². The van der Waals surface area contributed by atoms with Crippen LogP contribution in [0.5, 0.6) is 0 Å². The summed E-state index contributed by atoms with van der Waals surface area (Å²) in [5.41, 5.74) is 3.84. The quantitative estimate of drug-likeness (QED) is 0.635. The number of amides is 4. The van der Waals surface area contributed by atoms with E-state index in [-0.39, 0.29) is 12.1 Å². The highest BCUT2D eigenvalue weighted by molar-refractivity contribution is 6.31. The number of barbiturate groups is 1. The van der Waals surface area contributed by atoms with Gasteiger partial charge in [0.25, 0.3) is 11.8 Å². The largest absolute Gasteiger partial charge is 0.346 e.